The molecular weight excluding hydrogens is 382 g/mol. The number of nitrogens with one attached hydrogen (secondary N) is 2. The second-order valence-corrected chi connectivity index (χ2v) is 6.44. The highest BCUT2D eigenvalue weighted by Gasteiger charge is 2.11. The Hall–Kier alpha value is -4.27. The standard InChI is InChI=1S/C21H19N7O2/c1-14-18(15(2)28(26-14)17-6-4-3-5-7-17)8-9-19(29)24-25-21-23-20(27-30-21)16-10-12-22-13-11-16/h3-13H,1-2H3,(H,24,29)(H,23,25,27)/b9-8+. The van der Waals surface area contributed by atoms with Crippen LogP contribution < -0.4 is 10.9 Å². The first kappa shape index (κ1) is 19.1. The van der Waals surface area contributed by atoms with Crippen LogP contribution >= 0.6 is 0 Å². The lowest BCUT2D eigenvalue weighted by molar-refractivity contribution is -0.116. The van der Waals surface area contributed by atoms with Crippen LogP contribution in [0, 0.1) is 13.8 Å². The second-order valence-electron chi connectivity index (χ2n) is 6.44. The van der Waals surface area contributed by atoms with Gasteiger partial charge in [0.1, 0.15) is 0 Å². The first-order valence-corrected chi connectivity index (χ1v) is 9.21. The van der Waals surface area contributed by atoms with Crippen LogP contribution in [0.15, 0.2) is 65.5 Å². The molecule has 9 heteroatoms. The summed E-state index contributed by atoms with van der Waals surface area (Å²) in [6, 6.07) is 13.4. The SMILES string of the molecule is Cc1nn(-c2ccccc2)c(C)c1/C=C/C(=O)NNc1nc(-c2ccncc2)no1. The Morgan fingerprint density at radius 3 is 2.63 bits per heavy atom. The van der Waals surface area contributed by atoms with Gasteiger partial charge in [-0.05, 0) is 44.2 Å². The van der Waals surface area contributed by atoms with Crippen LogP contribution in [0.3, 0.4) is 0 Å². The number of aromatic nitrogens is 5. The Labute approximate surface area is 172 Å². The van der Waals surface area contributed by atoms with Crippen LogP contribution in [0.5, 0.6) is 0 Å². The minimum Gasteiger partial charge on any atom is -0.313 e. The molecule has 0 aliphatic heterocycles. The first-order valence-electron chi connectivity index (χ1n) is 9.21. The third-order valence-corrected chi connectivity index (χ3v) is 4.41. The molecule has 0 saturated carbocycles. The molecular formula is C21H19N7O2. The van der Waals surface area contributed by atoms with E-state index in [1.165, 1.54) is 6.08 Å². The minimum absolute atomic E-state index is 0.0767. The minimum atomic E-state index is -0.370. The van der Waals surface area contributed by atoms with Gasteiger partial charge >= 0.3 is 6.01 Å². The number of para-hydroxylation sites is 1. The van der Waals surface area contributed by atoms with E-state index >= 15 is 0 Å². The molecule has 1 amide bonds. The maximum atomic E-state index is 12.2. The lowest BCUT2D eigenvalue weighted by Gasteiger charge is -2.03. The van der Waals surface area contributed by atoms with Crippen LogP contribution in [0.25, 0.3) is 23.2 Å². The van der Waals surface area contributed by atoms with E-state index in [-0.39, 0.29) is 11.9 Å². The lowest BCUT2D eigenvalue weighted by atomic mass is 10.2. The van der Waals surface area contributed by atoms with Gasteiger partial charge in [-0.1, -0.05) is 23.4 Å². The molecule has 4 aromatic rings. The average Bonchev–Trinajstić information content (AvgIpc) is 3.37. The number of anilines is 1. The number of benzene rings is 1. The van der Waals surface area contributed by atoms with E-state index in [1.54, 1.807) is 30.6 Å². The topological polar surface area (TPSA) is 111 Å². The number of pyridine rings is 1. The van der Waals surface area contributed by atoms with Gasteiger partial charge in [-0.15, -0.1) is 0 Å². The van der Waals surface area contributed by atoms with E-state index in [0.29, 0.717) is 5.82 Å². The number of aryl methyl sites for hydroxylation is 1. The van der Waals surface area contributed by atoms with Crippen LogP contribution in [0.2, 0.25) is 0 Å². The fraction of sp³-hybridized carbons (Fsp3) is 0.0952. The van der Waals surface area contributed by atoms with E-state index in [9.17, 15) is 4.79 Å². The number of nitrogens with zero attached hydrogens (tertiary/aromatic N) is 5. The van der Waals surface area contributed by atoms with Crippen molar-refractivity contribution < 1.29 is 9.32 Å². The highest BCUT2D eigenvalue weighted by atomic mass is 16.5. The molecule has 0 saturated heterocycles. The zero-order chi connectivity index (χ0) is 20.9. The molecule has 9 nitrogen and oxygen atoms in total. The predicted octanol–water partition coefficient (Wildman–Crippen LogP) is 3.09. The average molecular weight is 401 g/mol. The van der Waals surface area contributed by atoms with Gasteiger partial charge in [-0.2, -0.15) is 10.1 Å². The Bertz CT molecular complexity index is 1180. The maximum Gasteiger partial charge on any atom is 0.340 e. The predicted molar refractivity (Wildman–Crippen MR) is 111 cm³/mol. The molecule has 0 fully saturated rings. The fourth-order valence-corrected chi connectivity index (χ4v) is 2.92. The van der Waals surface area contributed by atoms with Crippen molar-refractivity contribution in [3.8, 4) is 17.1 Å². The molecule has 0 unspecified atom stereocenters. The molecule has 0 bridgehead atoms. The van der Waals surface area contributed by atoms with E-state index in [0.717, 1.165) is 28.2 Å². The number of hydrogen-bond acceptors (Lipinski definition) is 7. The van der Waals surface area contributed by atoms with Gasteiger partial charge in [0.15, 0.2) is 0 Å². The number of carbonyl (C=O) groups excluding carboxylic acids is 1. The number of hydrazine groups is 1. The van der Waals surface area contributed by atoms with Crippen molar-refractivity contribution in [2.75, 3.05) is 5.43 Å². The van der Waals surface area contributed by atoms with Gasteiger partial charge in [-0.25, -0.2) is 10.1 Å². The number of rotatable bonds is 6. The zero-order valence-corrected chi connectivity index (χ0v) is 16.4. The third kappa shape index (κ3) is 4.09. The Balaban J connectivity index is 1.40. The second kappa shape index (κ2) is 8.39. The molecule has 0 aliphatic rings. The van der Waals surface area contributed by atoms with Crippen LogP contribution in [0.4, 0.5) is 6.01 Å². The summed E-state index contributed by atoms with van der Waals surface area (Å²) >= 11 is 0. The van der Waals surface area contributed by atoms with Gasteiger partial charge in [-0.3, -0.25) is 15.2 Å². The van der Waals surface area contributed by atoms with E-state index in [4.69, 9.17) is 4.52 Å². The zero-order valence-electron chi connectivity index (χ0n) is 16.4. The monoisotopic (exact) mass is 401 g/mol. The summed E-state index contributed by atoms with van der Waals surface area (Å²) in [5.74, 6) is 0.0224. The smallest absolute Gasteiger partial charge is 0.313 e. The van der Waals surface area contributed by atoms with Gasteiger partial charge in [0.05, 0.1) is 11.4 Å². The van der Waals surface area contributed by atoms with Crippen molar-refractivity contribution in [2.45, 2.75) is 13.8 Å². The highest BCUT2D eigenvalue weighted by Crippen LogP contribution is 2.19. The van der Waals surface area contributed by atoms with Crippen molar-refractivity contribution in [1.82, 2.24) is 30.3 Å². The summed E-state index contributed by atoms with van der Waals surface area (Å²) in [7, 11) is 0. The largest absolute Gasteiger partial charge is 0.340 e. The Morgan fingerprint density at radius 1 is 1.10 bits per heavy atom. The Kier molecular flexibility index (Phi) is 5.33. The summed E-state index contributed by atoms with van der Waals surface area (Å²) in [5, 5.41) is 8.42. The van der Waals surface area contributed by atoms with Gasteiger partial charge in [0.25, 0.3) is 5.91 Å². The summed E-state index contributed by atoms with van der Waals surface area (Å²) < 4.78 is 6.93. The maximum absolute atomic E-state index is 12.2. The number of amides is 1. The van der Waals surface area contributed by atoms with E-state index < -0.39 is 0 Å². The first-order chi connectivity index (χ1) is 14.6. The highest BCUT2D eigenvalue weighted by molar-refractivity contribution is 5.92. The summed E-state index contributed by atoms with van der Waals surface area (Å²) in [6.07, 6.45) is 6.41. The van der Waals surface area contributed by atoms with Crippen LogP contribution in [0.1, 0.15) is 17.0 Å². The third-order valence-electron chi connectivity index (χ3n) is 4.41. The van der Waals surface area contributed by atoms with Gasteiger partial charge in [0, 0.05) is 35.3 Å². The van der Waals surface area contributed by atoms with Crippen molar-refractivity contribution in [3.05, 3.63) is 77.9 Å². The molecule has 150 valence electrons. The molecule has 0 radical (unpaired) electrons. The van der Waals surface area contributed by atoms with Crippen molar-refractivity contribution in [3.63, 3.8) is 0 Å². The van der Waals surface area contributed by atoms with Crippen molar-refractivity contribution in [1.29, 1.82) is 0 Å². The van der Waals surface area contributed by atoms with E-state index in [1.807, 2.05) is 48.9 Å². The number of carbonyl (C=O) groups is 1. The quantitative estimate of drug-likeness (QED) is 0.377. The molecule has 0 aliphatic carbocycles. The van der Waals surface area contributed by atoms with Gasteiger partial charge in [0.2, 0.25) is 5.82 Å². The van der Waals surface area contributed by atoms with Crippen LogP contribution in [-0.2, 0) is 4.79 Å². The number of hydrogen-bond donors (Lipinski definition) is 2. The molecule has 30 heavy (non-hydrogen) atoms. The lowest BCUT2D eigenvalue weighted by Crippen LogP contribution is -2.27. The molecule has 1 aromatic carbocycles. The molecule has 4 rings (SSSR count). The molecule has 3 heterocycles. The van der Waals surface area contributed by atoms with Crippen LogP contribution in [-0.4, -0.2) is 30.8 Å². The van der Waals surface area contributed by atoms with E-state index in [2.05, 4.69) is 31.1 Å². The molecule has 0 spiro atoms. The normalized spacial score (nSPS) is 11.0. The van der Waals surface area contributed by atoms with Crippen molar-refractivity contribution >= 4 is 18.0 Å². The van der Waals surface area contributed by atoms with Gasteiger partial charge < -0.3 is 4.52 Å². The fourth-order valence-electron chi connectivity index (χ4n) is 2.92. The summed E-state index contributed by atoms with van der Waals surface area (Å²) in [6.45, 7) is 3.86. The molecule has 0 atom stereocenters. The summed E-state index contributed by atoms with van der Waals surface area (Å²) in [4.78, 5) is 20.3. The molecule has 3 aromatic heterocycles. The van der Waals surface area contributed by atoms with Crippen molar-refractivity contribution in [2.24, 2.45) is 0 Å². The molecule has 2 N–H and O–H groups in total. The Morgan fingerprint density at radius 2 is 1.87 bits per heavy atom. The summed E-state index contributed by atoms with van der Waals surface area (Å²) in [5.41, 5.74) is 9.47.